The first-order valence-corrected chi connectivity index (χ1v) is 11.0. The summed E-state index contributed by atoms with van der Waals surface area (Å²) in [4.78, 5) is 34.2. The third-order valence-corrected chi connectivity index (χ3v) is 5.57. The molecule has 2 aromatic carbocycles. The molecular weight excluding hydrogens is 402 g/mol. The van der Waals surface area contributed by atoms with Crippen LogP contribution in [0.15, 0.2) is 54.6 Å². The van der Waals surface area contributed by atoms with Crippen LogP contribution >= 0.6 is 0 Å². The molecule has 0 unspecified atom stereocenters. The highest BCUT2D eigenvalue weighted by atomic mass is 16.2. The number of carbonyl (C=O) groups is 2. The highest BCUT2D eigenvalue weighted by Crippen LogP contribution is 2.27. The summed E-state index contributed by atoms with van der Waals surface area (Å²) in [6, 6.07) is 17.0. The fraction of sp³-hybridized carbons (Fsp3) is 0.320. The third-order valence-electron chi connectivity index (χ3n) is 5.57. The minimum atomic E-state index is -0.187. The average molecular weight is 432 g/mol. The molecule has 0 bridgehead atoms. The molecule has 2 N–H and O–H groups in total. The Hall–Kier alpha value is -3.45. The molecule has 1 aliphatic heterocycles. The van der Waals surface area contributed by atoms with Gasteiger partial charge in [-0.25, -0.2) is 4.98 Å². The van der Waals surface area contributed by atoms with Crippen LogP contribution in [0.4, 0.5) is 17.2 Å². The first kappa shape index (κ1) is 21.8. The first-order valence-electron chi connectivity index (χ1n) is 11.0. The maximum Gasteiger partial charge on any atom is 0.259 e. The van der Waals surface area contributed by atoms with Gasteiger partial charge in [0.1, 0.15) is 5.82 Å². The predicted octanol–water partition coefficient (Wildman–Crippen LogP) is 3.98. The SMILES string of the molecule is CN(C)CCC(=O)Nc1ccc(NC(=O)c2cc3ccccc3nc2N2CCCC2)cc1. The molecule has 1 aliphatic rings. The van der Waals surface area contributed by atoms with Crippen molar-refractivity contribution in [1.82, 2.24) is 9.88 Å². The fourth-order valence-electron chi connectivity index (χ4n) is 3.83. The third kappa shape index (κ3) is 5.23. The number of benzene rings is 2. The van der Waals surface area contributed by atoms with Crippen molar-refractivity contribution < 1.29 is 9.59 Å². The molecule has 0 saturated carbocycles. The smallest absolute Gasteiger partial charge is 0.259 e. The molecule has 1 saturated heterocycles. The minimum Gasteiger partial charge on any atom is -0.356 e. The average Bonchev–Trinajstić information content (AvgIpc) is 3.33. The number of pyridine rings is 1. The zero-order valence-electron chi connectivity index (χ0n) is 18.6. The molecule has 1 aromatic heterocycles. The highest BCUT2D eigenvalue weighted by molar-refractivity contribution is 6.09. The van der Waals surface area contributed by atoms with Crippen LogP contribution in [-0.2, 0) is 4.79 Å². The van der Waals surface area contributed by atoms with E-state index in [0.717, 1.165) is 42.7 Å². The number of carbonyl (C=O) groups excluding carboxylic acids is 2. The van der Waals surface area contributed by atoms with Crippen LogP contribution in [0.3, 0.4) is 0 Å². The Morgan fingerprint density at radius 1 is 0.969 bits per heavy atom. The van der Waals surface area contributed by atoms with Gasteiger partial charge in [-0.15, -0.1) is 0 Å². The second-order valence-electron chi connectivity index (χ2n) is 8.38. The van der Waals surface area contributed by atoms with Crippen LogP contribution in [0.5, 0.6) is 0 Å². The van der Waals surface area contributed by atoms with Gasteiger partial charge in [-0.1, -0.05) is 18.2 Å². The highest BCUT2D eigenvalue weighted by Gasteiger charge is 2.22. The minimum absolute atomic E-state index is 0.0343. The summed E-state index contributed by atoms with van der Waals surface area (Å²) in [7, 11) is 3.87. The lowest BCUT2D eigenvalue weighted by Gasteiger charge is -2.20. The summed E-state index contributed by atoms with van der Waals surface area (Å²) in [6.45, 7) is 2.51. The Balaban J connectivity index is 1.50. The van der Waals surface area contributed by atoms with E-state index in [1.54, 1.807) is 24.3 Å². The van der Waals surface area contributed by atoms with E-state index in [0.29, 0.717) is 29.9 Å². The number of nitrogens with one attached hydrogen (secondary N) is 2. The van der Waals surface area contributed by atoms with E-state index in [-0.39, 0.29) is 11.8 Å². The number of hydrogen-bond donors (Lipinski definition) is 2. The Kier molecular flexibility index (Phi) is 6.66. The molecule has 0 aliphatic carbocycles. The van der Waals surface area contributed by atoms with Crippen molar-refractivity contribution in [2.24, 2.45) is 0 Å². The van der Waals surface area contributed by atoms with Crippen molar-refractivity contribution in [1.29, 1.82) is 0 Å². The van der Waals surface area contributed by atoms with Crippen molar-refractivity contribution in [2.45, 2.75) is 19.3 Å². The first-order chi connectivity index (χ1) is 15.5. The van der Waals surface area contributed by atoms with Crippen LogP contribution in [-0.4, -0.2) is 55.4 Å². The fourth-order valence-corrected chi connectivity index (χ4v) is 3.83. The van der Waals surface area contributed by atoms with E-state index in [4.69, 9.17) is 4.98 Å². The lowest BCUT2D eigenvalue weighted by molar-refractivity contribution is -0.116. The quantitative estimate of drug-likeness (QED) is 0.592. The van der Waals surface area contributed by atoms with Crippen LogP contribution in [0, 0.1) is 0 Å². The molecule has 32 heavy (non-hydrogen) atoms. The topological polar surface area (TPSA) is 77.6 Å². The summed E-state index contributed by atoms with van der Waals surface area (Å²) in [5.41, 5.74) is 2.84. The zero-order valence-corrected chi connectivity index (χ0v) is 18.6. The molecule has 2 amide bonds. The number of aromatic nitrogens is 1. The van der Waals surface area contributed by atoms with Crippen LogP contribution in [0.2, 0.25) is 0 Å². The Morgan fingerprint density at radius 3 is 2.31 bits per heavy atom. The van der Waals surface area contributed by atoms with Gasteiger partial charge >= 0.3 is 0 Å². The molecule has 3 aromatic rings. The van der Waals surface area contributed by atoms with E-state index in [9.17, 15) is 9.59 Å². The number of para-hydroxylation sites is 1. The molecule has 0 atom stereocenters. The van der Waals surface area contributed by atoms with Gasteiger partial charge in [0, 0.05) is 42.8 Å². The van der Waals surface area contributed by atoms with Gasteiger partial charge in [-0.3, -0.25) is 9.59 Å². The van der Waals surface area contributed by atoms with Gasteiger partial charge in [-0.05, 0) is 63.3 Å². The van der Waals surface area contributed by atoms with Crippen LogP contribution < -0.4 is 15.5 Å². The van der Waals surface area contributed by atoms with E-state index in [1.807, 2.05) is 49.3 Å². The lowest BCUT2D eigenvalue weighted by Crippen LogP contribution is -2.24. The van der Waals surface area contributed by atoms with E-state index in [1.165, 1.54) is 0 Å². The molecule has 7 heteroatoms. The molecule has 166 valence electrons. The summed E-state index contributed by atoms with van der Waals surface area (Å²) in [6.07, 6.45) is 2.65. The Labute approximate surface area is 188 Å². The van der Waals surface area contributed by atoms with Crippen molar-refractivity contribution in [2.75, 3.05) is 49.3 Å². The van der Waals surface area contributed by atoms with Gasteiger partial charge in [0.15, 0.2) is 0 Å². The van der Waals surface area contributed by atoms with E-state index in [2.05, 4.69) is 15.5 Å². The number of rotatable bonds is 7. The number of amides is 2. The largest absolute Gasteiger partial charge is 0.356 e. The summed E-state index contributed by atoms with van der Waals surface area (Å²) >= 11 is 0. The van der Waals surface area contributed by atoms with Crippen molar-refractivity contribution in [3.8, 4) is 0 Å². The Morgan fingerprint density at radius 2 is 1.62 bits per heavy atom. The van der Waals surface area contributed by atoms with Gasteiger partial charge in [0.25, 0.3) is 5.91 Å². The molecule has 7 nitrogen and oxygen atoms in total. The molecule has 2 heterocycles. The summed E-state index contributed by atoms with van der Waals surface area (Å²) in [5.74, 6) is 0.518. The number of fused-ring (bicyclic) bond motifs is 1. The molecule has 1 fully saturated rings. The zero-order chi connectivity index (χ0) is 22.5. The van der Waals surface area contributed by atoms with Crippen molar-refractivity contribution in [3.05, 3.63) is 60.2 Å². The standard InChI is InChI=1S/C25H29N5O2/c1-29(2)16-13-23(31)26-19-9-11-20(12-10-19)27-25(32)21-17-18-7-3-4-8-22(18)28-24(21)30-14-5-6-15-30/h3-4,7-12,17H,5-6,13-16H2,1-2H3,(H,26,31)(H,27,32). The second-order valence-corrected chi connectivity index (χ2v) is 8.38. The van der Waals surface area contributed by atoms with E-state index >= 15 is 0 Å². The predicted molar refractivity (Wildman–Crippen MR) is 129 cm³/mol. The number of hydrogen-bond acceptors (Lipinski definition) is 5. The van der Waals surface area contributed by atoms with Crippen LogP contribution in [0.1, 0.15) is 29.6 Å². The lowest BCUT2D eigenvalue weighted by atomic mass is 10.1. The molecular formula is C25H29N5O2. The molecule has 4 rings (SSSR count). The van der Waals surface area contributed by atoms with Crippen molar-refractivity contribution >= 4 is 39.9 Å². The van der Waals surface area contributed by atoms with Gasteiger partial charge in [0.2, 0.25) is 5.91 Å². The monoisotopic (exact) mass is 431 g/mol. The van der Waals surface area contributed by atoms with Gasteiger partial charge in [-0.2, -0.15) is 0 Å². The summed E-state index contributed by atoms with van der Waals surface area (Å²) in [5, 5.41) is 6.80. The molecule has 0 spiro atoms. The normalized spacial score (nSPS) is 13.5. The molecule has 0 radical (unpaired) electrons. The maximum absolute atomic E-state index is 13.2. The van der Waals surface area contributed by atoms with Crippen LogP contribution in [0.25, 0.3) is 10.9 Å². The van der Waals surface area contributed by atoms with Crippen molar-refractivity contribution in [3.63, 3.8) is 0 Å². The summed E-state index contributed by atoms with van der Waals surface area (Å²) < 4.78 is 0. The maximum atomic E-state index is 13.2. The Bertz CT molecular complexity index is 1110. The number of anilines is 3. The van der Waals surface area contributed by atoms with Gasteiger partial charge in [0.05, 0.1) is 11.1 Å². The van der Waals surface area contributed by atoms with E-state index < -0.39 is 0 Å². The second kappa shape index (κ2) is 9.78. The van der Waals surface area contributed by atoms with Gasteiger partial charge < -0.3 is 20.4 Å². The number of nitrogens with zero attached hydrogens (tertiary/aromatic N) is 3.